The smallest absolute Gasteiger partial charge is 0.223 e. The van der Waals surface area contributed by atoms with Crippen LogP contribution in [0.25, 0.3) is 51.6 Å². The summed E-state index contributed by atoms with van der Waals surface area (Å²) >= 11 is 0. The highest BCUT2D eigenvalue weighted by atomic mass is 16.5. The van der Waals surface area contributed by atoms with Crippen LogP contribution < -0.4 is 14.2 Å². The molecule has 0 aliphatic carbocycles. The Bertz CT molecular complexity index is 3210. The largest absolute Gasteiger partial charge is 0.493 e. The van der Waals surface area contributed by atoms with Crippen molar-refractivity contribution < 1.29 is 14.2 Å². The van der Waals surface area contributed by atoms with E-state index in [-0.39, 0.29) is 6.61 Å². The number of hydrogen-bond acceptors (Lipinski definition) is 19. The van der Waals surface area contributed by atoms with Crippen molar-refractivity contribution in [2.45, 2.75) is 0 Å². The lowest BCUT2D eigenvalue weighted by Gasteiger charge is -2.10. The Labute approximate surface area is 374 Å². The molecule has 8 aromatic heterocycles. The van der Waals surface area contributed by atoms with Crippen LogP contribution in [0.1, 0.15) is 5.56 Å². The van der Waals surface area contributed by atoms with Crippen LogP contribution >= 0.6 is 0 Å². The molecule has 22 nitrogen and oxygen atoms in total. The molecule has 66 heavy (non-hydrogen) atoms. The maximum atomic E-state index is 8.83. The summed E-state index contributed by atoms with van der Waals surface area (Å²) in [5, 5.41) is 54.2. The monoisotopic (exact) mass is 873 g/mol. The highest BCUT2D eigenvalue weighted by Gasteiger charge is 2.14. The summed E-state index contributed by atoms with van der Waals surface area (Å²) in [5.41, 5.74) is 4.34. The number of aromatic nitrogens is 17. The fourth-order valence-electron chi connectivity index (χ4n) is 5.56. The number of benzene rings is 2. The number of pyridine rings is 5. The maximum absolute atomic E-state index is 8.83. The molecule has 0 aliphatic rings. The number of rotatable bonds is 11. The second-order valence-corrected chi connectivity index (χ2v) is 12.9. The Balaban J connectivity index is 0.000000137. The molecule has 0 radical (unpaired) electrons. The summed E-state index contributed by atoms with van der Waals surface area (Å²) in [6.45, 7) is -0.00652. The van der Waals surface area contributed by atoms with Gasteiger partial charge in [-0.25, -0.2) is 4.98 Å². The first-order chi connectivity index (χ1) is 32.6. The third-order valence-electron chi connectivity index (χ3n) is 8.59. The minimum Gasteiger partial charge on any atom is -0.493 e. The standard InChI is InChI=1S/C18H14N6O2.C14H10N6O.C12H7N7/c1-25-16-12-13(8-9-15(16)26-17-7-3-5-11-20-17)24-22-18(21-23-24)14-6-2-4-10-19-14;15-7-9-21-12-5-3-4-11(10-12)20-18-14(17-19-20)13-6-1-2-8-16-13;13-6-9-5-10(8-14-7-9)19-17-12(16-18-19)11-3-1-2-4-15-11/h2-12H,1H3;1-6,8,10H,9H2;1-5,7-8H. The lowest BCUT2D eigenvalue weighted by atomic mass is 10.3. The summed E-state index contributed by atoms with van der Waals surface area (Å²) < 4.78 is 16.4. The summed E-state index contributed by atoms with van der Waals surface area (Å²) in [6.07, 6.45) is 9.71. The molecule has 0 atom stereocenters. The van der Waals surface area contributed by atoms with E-state index in [4.69, 9.17) is 24.7 Å². The topological polar surface area (TPSA) is 271 Å². The number of nitrogens with zero attached hydrogens (tertiary/aromatic N) is 19. The first kappa shape index (κ1) is 42.5. The third-order valence-corrected chi connectivity index (χ3v) is 8.59. The van der Waals surface area contributed by atoms with Crippen LogP contribution in [-0.4, -0.2) is 99.3 Å². The molecule has 0 N–H and O–H groups in total. The van der Waals surface area contributed by atoms with E-state index < -0.39 is 0 Å². The molecule has 0 amide bonds. The predicted molar refractivity (Wildman–Crippen MR) is 232 cm³/mol. The van der Waals surface area contributed by atoms with Gasteiger partial charge in [0.2, 0.25) is 23.4 Å². The van der Waals surface area contributed by atoms with Gasteiger partial charge in [0.05, 0.1) is 30.2 Å². The number of hydrogen-bond donors (Lipinski definition) is 0. The Morgan fingerprint density at radius 2 is 1.09 bits per heavy atom. The van der Waals surface area contributed by atoms with E-state index in [1.807, 2.05) is 84.9 Å². The van der Waals surface area contributed by atoms with E-state index in [2.05, 4.69) is 71.2 Å². The summed E-state index contributed by atoms with van der Waals surface area (Å²) in [6, 6.07) is 40.0. The quantitative estimate of drug-likeness (QED) is 0.154. The molecular formula is C44H31N19O3. The van der Waals surface area contributed by atoms with Crippen LogP contribution in [0.2, 0.25) is 0 Å². The van der Waals surface area contributed by atoms with Gasteiger partial charge in [-0.05, 0) is 88.4 Å². The van der Waals surface area contributed by atoms with Gasteiger partial charge in [-0.2, -0.15) is 10.5 Å². The van der Waals surface area contributed by atoms with Gasteiger partial charge in [0.1, 0.15) is 40.7 Å². The van der Waals surface area contributed by atoms with E-state index in [0.717, 1.165) is 0 Å². The van der Waals surface area contributed by atoms with E-state index in [1.165, 1.54) is 20.6 Å². The number of ether oxygens (including phenoxy) is 3. The molecule has 10 aromatic rings. The SMILES string of the molecule is COc1cc(-n2nnc(-c3ccccn3)n2)ccc1Oc1ccccn1.N#CCOc1cccc(-n2nnc(-c3ccccn3)n2)c1.N#Cc1cncc(-n2nnc(-c3ccccn3)n2)c1. The van der Waals surface area contributed by atoms with Crippen LogP contribution in [0.3, 0.4) is 0 Å². The van der Waals surface area contributed by atoms with Crippen molar-refractivity contribution in [1.82, 2.24) is 85.5 Å². The second-order valence-electron chi connectivity index (χ2n) is 12.9. The van der Waals surface area contributed by atoms with Crippen LogP contribution in [-0.2, 0) is 0 Å². The lowest BCUT2D eigenvalue weighted by Crippen LogP contribution is -2.00. The normalized spacial score (nSPS) is 10.2. The predicted octanol–water partition coefficient (Wildman–Crippen LogP) is 5.54. The van der Waals surface area contributed by atoms with Crippen LogP contribution in [0, 0.1) is 22.7 Å². The van der Waals surface area contributed by atoms with Crippen LogP contribution in [0.4, 0.5) is 0 Å². The minimum absolute atomic E-state index is 0.00652. The Morgan fingerprint density at radius 1 is 0.530 bits per heavy atom. The van der Waals surface area contributed by atoms with Gasteiger partial charge >= 0.3 is 0 Å². The van der Waals surface area contributed by atoms with Gasteiger partial charge in [-0.1, -0.05) is 30.3 Å². The number of tetrazole rings is 3. The molecule has 0 aliphatic heterocycles. The maximum Gasteiger partial charge on any atom is 0.223 e. The molecule has 320 valence electrons. The first-order valence-electron chi connectivity index (χ1n) is 19.4. The van der Waals surface area contributed by atoms with Crippen molar-refractivity contribution in [1.29, 1.82) is 10.5 Å². The fourth-order valence-corrected chi connectivity index (χ4v) is 5.56. The van der Waals surface area contributed by atoms with Crippen molar-refractivity contribution in [3.8, 4) is 86.9 Å². The molecule has 0 saturated heterocycles. The van der Waals surface area contributed by atoms with Gasteiger partial charge in [0.25, 0.3) is 0 Å². The Kier molecular flexibility index (Phi) is 13.5. The van der Waals surface area contributed by atoms with Crippen molar-refractivity contribution in [3.63, 3.8) is 0 Å². The van der Waals surface area contributed by atoms with Crippen molar-refractivity contribution in [2.24, 2.45) is 0 Å². The molecule has 2 aromatic carbocycles. The second kappa shape index (κ2) is 21.0. The average molecular weight is 874 g/mol. The van der Waals surface area contributed by atoms with E-state index in [1.54, 1.807) is 86.6 Å². The van der Waals surface area contributed by atoms with Crippen molar-refractivity contribution in [3.05, 3.63) is 164 Å². The van der Waals surface area contributed by atoms with E-state index in [9.17, 15) is 0 Å². The molecule has 0 unspecified atom stereocenters. The molecular weight excluding hydrogens is 843 g/mol. The summed E-state index contributed by atoms with van der Waals surface area (Å²) in [5.74, 6) is 3.44. The zero-order valence-electron chi connectivity index (χ0n) is 34.4. The van der Waals surface area contributed by atoms with Crippen LogP contribution in [0.5, 0.6) is 23.1 Å². The Morgan fingerprint density at radius 3 is 1.61 bits per heavy atom. The van der Waals surface area contributed by atoms with Crippen molar-refractivity contribution in [2.75, 3.05) is 13.7 Å². The zero-order chi connectivity index (χ0) is 45.3. The average Bonchev–Trinajstić information content (AvgIpc) is 4.21. The van der Waals surface area contributed by atoms with Crippen LogP contribution in [0.15, 0.2) is 159 Å². The highest BCUT2D eigenvalue weighted by molar-refractivity contribution is 5.52. The van der Waals surface area contributed by atoms with E-state index in [0.29, 0.717) is 80.3 Å². The lowest BCUT2D eigenvalue weighted by molar-refractivity contribution is 0.368. The fraction of sp³-hybridized carbons (Fsp3) is 0.0455. The summed E-state index contributed by atoms with van der Waals surface area (Å²) in [7, 11) is 1.57. The molecule has 0 fully saturated rings. The van der Waals surface area contributed by atoms with Gasteiger partial charge in [-0.3, -0.25) is 19.9 Å². The minimum atomic E-state index is -0.00652. The molecule has 0 spiro atoms. The molecule has 0 saturated carbocycles. The number of methoxy groups -OCH3 is 1. The molecule has 22 heteroatoms. The molecule has 0 bridgehead atoms. The van der Waals surface area contributed by atoms with Gasteiger partial charge in [-0.15, -0.1) is 45.0 Å². The van der Waals surface area contributed by atoms with Gasteiger partial charge in [0, 0.05) is 49.2 Å². The van der Waals surface area contributed by atoms with E-state index >= 15 is 0 Å². The van der Waals surface area contributed by atoms with Crippen molar-refractivity contribution >= 4 is 0 Å². The highest BCUT2D eigenvalue weighted by Crippen LogP contribution is 2.32. The molecule has 10 rings (SSSR count). The van der Waals surface area contributed by atoms with Gasteiger partial charge in [0.15, 0.2) is 18.1 Å². The number of nitriles is 2. The first-order valence-corrected chi connectivity index (χ1v) is 19.4. The Hall–Kier alpha value is -10.2. The zero-order valence-corrected chi connectivity index (χ0v) is 34.4. The third kappa shape index (κ3) is 10.8. The van der Waals surface area contributed by atoms with Gasteiger partial charge < -0.3 is 14.2 Å². The summed E-state index contributed by atoms with van der Waals surface area (Å²) in [4.78, 5) is 24.8. The molecule has 8 heterocycles.